The zero-order valence-electron chi connectivity index (χ0n) is 39.4. The molecule has 340 valence electrons. The van der Waals surface area contributed by atoms with Gasteiger partial charge in [0.2, 0.25) is 0 Å². The van der Waals surface area contributed by atoms with Crippen molar-refractivity contribution >= 4 is 11.9 Å². The van der Waals surface area contributed by atoms with E-state index in [-0.39, 0.29) is 23.8 Å². The molecule has 2 unspecified atom stereocenters. The summed E-state index contributed by atoms with van der Waals surface area (Å²) in [7, 11) is 4.25. The van der Waals surface area contributed by atoms with Gasteiger partial charge in [0.25, 0.3) is 0 Å². The van der Waals surface area contributed by atoms with Crippen LogP contribution in [0.1, 0.15) is 246 Å². The fraction of sp³-hybridized carbons (Fsp3) is 0.960. The summed E-state index contributed by atoms with van der Waals surface area (Å²) in [5.74, 6) is 0.280. The summed E-state index contributed by atoms with van der Waals surface area (Å²) < 4.78 is 11.7. The highest BCUT2D eigenvalue weighted by Crippen LogP contribution is 2.22. The molecule has 0 fully saturated rings. The average molecular weight is 809 g/mol. The molecule has 7 heteroatoms. The molecule has 0 amide bonds. The number of unbranched alkanes of at least 4 members (excludes halogenated alkanes) is 23. The number of hydrogen-bond donors (Lipinski definition) is 0. The van der Waals surface area contributed by atoms with Gasteiger partial charge in [-0.05, 0) is 84.8 Å². The molecular formula is C50H100N2O5. The lowest BCUT2D eigenvalue weighted by Crippen LogP contribution is -2.27. The summed E-state index contributed by atoms with van der Waals surface area (Å²) in [6, 6.07) is 0. The van der Waals surface area contributed by atoms with E-state index in [0.717, 1.165) is 142 Å². The van der Waals surface area contributed by atoms with Gasteiger partial charge in [0.1, 0.15) is 0 Å². The SMILES string of the molecule is CCCCCCCCC(CCCCCC)C(=O)OCCCCCCN(CCCCCCOC(=O)C(CCCCCC)CCCCCCCC)OCCCCN(C)C. The number of esters is 2. The largest absolute Gasteiger partial charge is 0.465 e. The molecule has 0 aromatic rings. The molecule has 0 bridgehead atoms. The summed E-state index contributed by atoms with van der Waals surface area (Å²) >= 11 is 0. The maximum atomic E-state index is 13.0. The van der Waals surface area contributed by atoms with Gasteiger partial charge < -0.3 is 14.4 Å². The zero-order valence-corrected chi connectivity index (χ0v) is 39.4. The van der Waals surface area contributed by atoms with Crippen molar-refractivity contribution in [2.45, 2.75) is 246 Å². The van der Waals surface area contributed by atoms with Gasteiger partial charge >= 0.3 is 11.9 Å². The molecule has 7 nitrogen and oxygen atoms in total. The molecule has 0 aromatic heterocycles. The van der Waals surface area contributed by atoms with Gasteiger partial charge in [0, 0.05) is 13.1 Å². The van der Waals surface area contributed by atoms with Crippen LogP contribution in [0.3, 0.4) is 0 Å². The molecule has 0 saturated carbocycles. The first kappa shape index (κ1) is 55.8. The van der Waals surface area contributed by atoms with E-state index in [2.05, 4.69) is 51.8 Å². The second-order valence-electron chi connectivity index (χ2n) is 17.6. The number of nitrogens with zero attached hydrogens (tertiary/aromatic N) is 2. The van der Waals surface area contributed by atoms with E-state index in [1.165, 1.54) is 103 Å². The van der Waals surface area contributed by atoms with Gasteiger partial charge in [-0.15, -0.1) is 0 Å². The second-order valence-corrected chi connectivity index (χ2v) is 17.6. The predicted molar refractivity (Wildman–Crippen MR) is 245 cm³/mol. The van der Waals surface area contributed by atoms with Gasteiger partial charge in [0.15, 0.2) is 0 Å². The standard InChI is InChI=1S/C50H100N2O5/c1-7-11-15-19-21-29-39-47(37-27-17-13-9-3)49(53)55-44-34-25-23-31-42-52(57-46-36-33-41-51(5)6)43-32-24-26-35-45-56-50(54)48(38-28-18-14-10-4)40-30-22-20-16-12-8-2/h47-48H,7-46H2,1-6H3. The van der Waals surface area contributed by atoms with Crippen molar-refractivity contribution in [1.82, 2.24) is 9.96 Å². The van der Waals surface area contributed by atoms with E-state index in [4.69, 9.17) is 14.3 Å². The molecule has 2 atom stereocenters. The Morgan fingerprint density at radius 3 is 1.05 bits per heavy atom. The third-order valence-electron chi connectivity index (χ3n) is 11.7. The number of hydrogen-bond acceptors (Lipinski definition) is 7. The number of rotatable bonds is 46. The van der Waals surface area contributed by atoms with Gasteiger partial charge in [-0.3, -0.25) is 14.4 Å². The Bertz CT molecular complexity index is 782. The fourth-order valence-electron chi connectivity index (χ4n) is 7.77. The molecule has 57 heavy (non-hydrogen) atoms. The van der Waals surface area contributed by atoms with Crippen LogP contribution in [-0.4, -0.2) is 75.5 Å². The van der Waals surface area contributed by atoms with Crippen LogP contribution in [0.15, 0.2) is 0 Å². The molecule has 0 spiro atoms. The van der Waals surface area contributed by atoms with Crippen LogP contribution in [-0.2, 0) is 23.9 Å². The lowest BCUT2D eigenvalue weighted by molar-refractivity contribution is -0.161. The smallest absolute Gasteiger partial charge is 0.308 e. The van der Waals surface area contributed by atoms with Gasteiger partial charge in [-0.25, -0.2) is 0 Å². The Kier molecular flexibility index (Phi) is 43.5. The third kappa shape index (κ3) is 38.8. The maximum Gasteiger partial charge on any atom is 0.308 e. The van der Waals surface area contributed by atoms with Crippen LogP contribution >= 0.6 is 0 Å². The molecule has 0 aliphatic carbocycles. The van der Waals surface area contributed by atoms with Gasteiger partial charge in [-0.2, -0.15) is 5.06 Å². The van der Waals surface area contributed by atoms with E-state index < -0.39 is 0 Å². The Morgan fingerprint density at radius 1 is 0.368 bits per heavy atom. The molecule has 0 saturated heterocycles. The highest BCUT2D eigenvalue weighted by molar-refractivity contribution is 5.72. The first-order chi connectivity index (χ1) is 27.9. The number of carbonyl (C=O) groups excluding carboxylic acids is 2. The first-order valence-electron chi connectivity index (χ1n) is 25.2. The molecule has 0 aliphatic rings. The minimum atomic E-state index is 0.0533. The average Bonchev–Trinajstić information content (AvgIpc) is 3.20. The van der Waals surface area contributed by atoms with E-state index in [1.807, 2.05) is 0 Å². The van der Waals surface area contributed by atoms with Crippen molar-refractivity contribution in [3.8, 4) is 0 Å². The van der Waals surface area contributed by atoms with Crippen molar-refractivity contribution < 1.29 is 23.9 Å². The summed E-state index contributed by atoms with van der Waals surface area (Å²) in [4.78, 5) is 34.6. The van der Waals surface area contributed by atoms with Crippen LogP contribution in [0, 0.1) is 11.8 Å². The molecule has 0 aliphatic heterocycles. The molecule has 0 heterocycles. The number of hydroxylamine groups is 2. The summed E-state index contributed by atoms with van der Waals surface area (Å²) in [5.41, 5.74) is 0. The monoisotopic (exact) mass is 809 g/mol. The third-order valence-corrected chi connectivity index (χ3v) is 11.7. The molecule has 0 N–H and O–H groups in total. The Hall–Kier alpha value is -1.18. The molecule has 0 rings (SSSR count). The quantitative estimate of drug-likeness (QED) is 0.0345. The van der Waals surface area contributed by atoms with Crippen molar-refractivity contribution in [2.75, 3.05) is 53.6 Å². The van der Waals surface area contributed by atoms with Crippen LogP contribution in [0.4, 0.5) is 0 Å². The minimum Gasteiger partial charge on any atom is -0.465 e. The second kappa shape index (κ2) is 44.4. The Labute approximate surface area is 356 Å². The normalized spacial score (nSPS) is 12.8. The van der Waals surface area contributed by atoms with Crippen LogP contribution in [0.2, 0.25) is 0 Å². The first-order valence-corrected chi connectivity index (χ1v) is 25.2. The van der Waals surface area contributed by atoms with Crippen LogP contribution < -0.4 is 0 Å². The lowest BCUT2D eigenvalue weighted by atomic mass is 9.94. The molecule has 0 radical (unpaired) electrons. The van der Waals surface area contributed by atoms with Gasteiger partial charge in [-0.1, -0.05) is 182 Å². The van der Waals surface area contributed by atoms with Crippen molar-refractivity contribution in [2.24, 2.45) is 11.8 Å². The number of ether oxygens (including phenoxy) is 2. The Morgan fingerprint density at radius 2 is 0.667 bits per heavy atom. The highest BCUT2D eigenvalue weighted by Gasteiger charge is 2.20. The van der Waals surface area contributed by atoms with Crippen molar-refractivity contribution in [3.05, 3.63) is 0 Å². The topological polar surface area (TPSA) is 68.3 Å². The van der Waals surface area contributed by atoms with E-state index in [0.29, 0.717) is 13.2 Å². The predicted octanol–water partition coefficient (Wildman–Crippen LogP) is 14.4. The van der Waals surface area contributed by atoms with E-state index in [1.54, 1.807) is 0 Å². The van der Waals surface area contributed by atoms with Crippen molar-refractivity contribution in [1.29, 1.82) is 0 Å². The summed E-state index contributed by atoms with van der Waals surface area (Å²) in [6.07, 6.45) is 39.6. The van der Waals surface area contributed by atoms with E-state index in [9.17, 15) is 9.59 Å². The van der Waals surface area contributed by atoms with E-state index >= 15 is 0 Å². The number of carbonyl (C=O) groups is 2. The fourth-order valence-corrected chi connectivity index (χ4v) is 7.77. The Balaban J connectivity index is 4.54. The lowest BCUT2D eigenvalue weighted by Gasteiger charge is -2.22. The molecular weight excluding hydrogens is 709 g/mol. The maximum absolute atomic E-state index is 13.0. The van der Waals surface area contributed by atoms with Crippen LogP contribution in [0.25, 0.3) is 0 Å². The summed E-state index contributed by atoms with van der Waals surface area (Å²) in [5, 5.41) is 2.20. The molecule has 0 aromatic carbocycles. The van der Waals surface area contributed by atoms with Gasteiger partial charge in [0.05, 0.1) is 31.7 Å². The summed E-state index contributed by atoms with van der Waals surface area (Å²) in [6.45, 7) is 13.9. The minimum absolute atomic E-state index is 0.0533. The van der Waals surface area contributed by atoms with Crippen LogP contribution in [0.5, 0.6) is 0 Å². The highest BCUT2D eigenvalue weighted by atomic mass is 16.7. The van der Waals surface area contributed by atoms with Crippen molar-refractivity contribution in [3.63, 3.8) is 0 Å². The zero-order chi connectivity index (χ0) is 41.9.